The van der Waals surface area contributed by atoms with E-state index in [1.807, 2.05) is 13.8 Å². The van der Waals surface area contributed by atoms with Crippen molar-refractivity contribution in [3.63, 3.8) is 0 Å². The third-order valence-corrected chi connectivity index (χ3v) is 1.74. The van der Waals surface area contributed by atoms with Crippen molar-refractivity contribution in [1.82, 2.24) is 20.8 Å². The Balaban J connectivity index is 2.94. The molecule has 0 aromatic carbocycles. The van der Waals surface area contributed by atoms with Gasteiger partial charge in [-0.1, -0.05) is 13.8 Å². The van der Waals surface area contributed by atoms with E-state index in [1.165, 1.54) is 6.33 Å². The maximum atomic E-state index is 5.77. The Morgan fingerprint density at radius 1 is 1.20 bits per heavy atom. The molecule has 0 saturated heterocycles. The summed E-state index contributed by atoms with van der Waals surface area (Å²) in [6, 6.07) is 0. The third-order valence-electron chi connectivity index (χ3n) is 1.74. The molecule has 1 heterocycles. The monoisotopic (exact) mass is 211 g/mol. The number of rotatable bonds is 5. The highest BCUT2D eigenvalue weighted by atomic mass is 15.7. The maximum absolute atomic E-state index is 5.77. The number of hydrogen-bond donors (Lipinski definition) is 4. The lowest BCUT2D eigenvalue weighted by Crippen LogP contribution is -2.49. The lowest BCUT2D eigenvalue weighted by molar-refractivity contribution is 0.543. The molecule has 0 radical (unpaired) electrons. The highest BCUT2D eigenvalue weighted by Crippen LogP contribution is 2.20. The normalized spacial score (nSPS) is 10.3. The molecule has 0 saturated carbocycles. The van der Waals surface area contributed by atoms with E-state index in [9.17, 15) is 0 Å². The lowest BCUT2D eigenvalue weighted by atomic mass is 10.4. The summed E-state index contributed by atoms with van der Waals surface area (Å²) in [7, 11) is 0. The lowest BCUT2D eigenvalue weighted by Gasteiger charge is -2.24. The zero-order valence-corrected chi connectivity index (χ0v) is 8.99. The molecule has 7 nitrogen and oxygen atoms in total. The van der Waals surface area contributed by atoms with Gasteiger partial charge in [-0.2, -0.15) is 0 Å². The molecule has 6 N–H and O–H groups in total. The first-order chi connectivity index (χ1) is 7.20. The zero-order chi connectivity index (χ0) is 11.3. The van der Waals surface area contributed by atoms with E-state index in [2.05, 4.69) is 20.8 Å². The molecule has 0 fully saturated rings. The van der Waals surface area contributed by atoms with Crippen LogP contribution >= 0.6 is 0 Å². The van der Waals surface area contributed by atoms with Crippen molar-refractivity contribution in [2.24, 2.45) is 0 Å². The molecule has 0 aliphatic rings. The second-order valence-corrected chi connectivity index (χ2v) is 2.85. The minimum atomic E-state index is 0.279. The van der Waals surface area contributed by atoms with Crippen molar-refractivity contribution in [2.45, 2.75) is 13.8 Å². The van der Waals surface area contributed by atoms with Crippen molar-refractivity contribution in [3.05, 3.63) is 6.33 Å². The molecule has 0 atom stereocenters. The summed E-state index contributed by atoms with van der Waals surface area (Å²) in [6.07, 6.45) is 1.38. The summed E-state index contributed by atoms with van der Waals surface area (Å²) in [4.78, 5) is 7.86. The van der Waals surface area contributed by atoms with Gasteiger partial charge < -0.3 is 11.5 Å². The molecule has 0 aliphatic heterocycles. The van der Waals surface area contributed by atoms with Gasteiger partial charge in [0.2, 0.25) is 0 Å². The standard InChI is InChI=1S/C8H17N7/c1-3-13-15(14-4-2)8-6(9)7(10)11-5-12-8/h5,13-14H,3-4,9H2,1-2H3,(H2,10,11,12). The topological polar surface area (TPSA) is 105 Å². The highest BCUT2D eigenvalue weighted by Gasteiger charge is 2.11. The minimum Gasteiger partial charge on any atom is -0.393 e. The van der Waals surface area contributed by atoms with E-state index >= 15 is 0 Å². The molecule has 84 valence electrons. The quantitative estimate of drug-likeness (QED) is 0.486. The van der Waals surface area contributed by atoms with Crippen LogP contribution in [0.2, 0.25) is 0 Å². The molecule has 0 aliphatic carbocycles. The fraction of sp³-hybridized carbons (Fsp3) is 0.500. The second kappa shape index (κ2) is 5.32. The summed E-state index contributed by atoms with van der Waals surface area (Å²) in [5, 5.41) is 1.65. The van der Waals surface area contributed by atoms with E-state index < -0.39 is 0 Å². The first-order valence-electron chi connectivity index (χ1n) is 4.83. The van der Waals surface area contributed by atoms with Gasteiger partial charge in [-0.25, -0.2) is 25.9 Å². The number of aromatic nitrogens is 2. The van der Waals surface area contributed by atoms with Crippen molar-refractivity contribution in [3.8, 4) is 0 Å². The summed E-state index contributed by atoms with van der Waals surface area (Å²) >= 11 is 0. The Hall–Kier alpha value is -1.60. The molecule has 0 spiro atoms. The van der Waals surface area contributed by atoms with Crippen LogP contribution in [0.1, 0.15) is 13.8 Å². The number of hydrazine groups is 2. The average molecular weight is 211 g/mol. The molecule has 1 aromatic heterocycles. The number of hydrogen-bond acceptors (Lipinski definition) is 7. The largest absolute Gasteiger partial charge is 0.393 e. The Bertz CT molecular complexity index is 308. The summed E-state index contributed by atoms with van der Waals surface area (Å²) < 4.78 is 0. The first kappa shape index (κ1) is 11.5. The van der Waals surface area contributed by atoms with Crippen LogP contribution in [0, 0.1) is 0 Å². The Morgan fingerprint density at radius 3 is 2.33 bits per heavy atom. The fourth-order valence-electron chi connectivity index (χ4n) is 1.10. The van der Waals surface area contributed by atoms with Gasteiger partial charge in [0.15, 0.2) is 11.6 Å². The Kier molecular flexibility index (Phi) is 4.07. The van der Waals surface area contributed by atoms with Gasteiger partial charge in [-0.05, 0) is 0 Å². The zero-order valence-electron chi connectivity index (χ0n) is 8.99. The number of nitrogens with two attached hydrogens (primary N) is 2. The molecule has 1 aromatic rings. The number of nitrogens with zero attached hydrogens (tertiary/aromatic N) is 3. The molecular formula is C8H17N7. The smallest absolute Gasteiger partial charge is 0.187 e. The molecule has 0 unspecified atom stereocenters. The van der Waals surface area contributed by atoms with Gasteiger partial charge in [0.1, 0.15) is 12.0 Å². The van der Waals surface area contributed by atoms with Crippen molar-refractivity contribution in [2.75, 3.05) is 29.7 Å². The summed E-state index contributed by atoms with van der Waals surface area (Å²) in [5.74, 6) is 0.812. The van der Waals surface area contributed by atoms with Crippen LogP contribution in [0.3, 0.4) is 0 Å². The predicted octanol–water partition coefficient (Wildman–Crippen LogP) is -0.504. The van der Waals surface area contributed by atoms with E-state index in [1.54, 1.807) is 5.12 Å². The first-order valence-corrected chi connectivity index (χ1v) is 4.83. The Morgan fingerprint density at radius 2 is 1.80 bits per heavy atom. The molecule has 15 heavy (non-hydrogen) atoms. The van der Waals surface area contributed by atoms with Crippen LogP contribution in [-0.2, 0) is 0 Å². The van der Waals surface area contributed by atoms with Gasteiger partial charge >= 0.3 is 0 Å². The van der Waals surface area contributed by atoms with Gasteiger partial charge in [0, 0.05) is 13.1 Å². The SMILES string of the molecule is CCNN(NCC)c1ncnc(N)c1N. The highest BCUT2D eigenvalue weighted by molar-refractivity contribution is 5.72. The van der Waals surface area contributed by atoms with E-state index in [0.717, 1.165) is 13.1 Å². The predicted molar refractivity (Wildman–Crippen MR) is 60.7 cm³/mol. The van der Waals surface area contributed by atoms with Crippen LogP contribution < -0.4 is 27.4 Å². The minimum absolute atomic E-state index is 0.279. The number of nitrogens with one attached hydrogen (secondary N) is 2. The molecule has 0 bridgehead atoms. The molecule has 0 amide bonds. The van der Waals surface area contributed by atoms with Crippen LogP contribution in [0.15, 0.2) is 6.33 Å². The van der Waals surface area contributed by atoms with Crippen LogP contribution in [-0.4, -0.2) is 23.1 Å². The second-order valence-electron chi connectivity index (χ2n) is 2.85. The van der Waals surface area contributed by atoms with Gasteiger partial charge in [-0.3, -0.25) is 0 Å². The molecular weight excluding hydrogens is 194 g/mol. The Labute approximate surface area is 88.8 Å². The number of nitrogen functional groups attached to an aromatic ring is 2. The van der Waals surface area contributed by atoms with Crippen molar-refractivity contribution >= 4 is 17.3 Å². The van der Waals surface area contributed by atoms with E-state index in [4.69, 9.17) is 11.5 Å². The molecule has 1 rings (SSSR count). The van der Waals surface area contributed by atoms with E-state index in [-0.39, 0.29) is 5.82 Å². The van der Waals surface area contributed by atoms with Crippen LogP contribution in [0.25, 0.3) is 0 Å². The van der Waals surface area contributed by atoms with Gasteiger partial charge in [0.25, 0.3) is 0 Å². The van der Waals surface area contributed by atoms with E-state index in [0.29, 0.717) is 11.5 Å². The van der Waals surface area contributed by atoms with Crippen LogP contribution in [0.4, 0.5) is 17.3 Å². The fourth-order valence-corrected chi connectivity index (χ4v) is 1.10. The average Bonchev–Trinajstić information content (AvgIpc) is 2.22. The van der Waals surface area contributed by atoms with Crippen LogP contribution in [0.5, 0.6) is 0 Å². The molecule has 7 heteroatoms. The van der Waals surface area contributed by atoms with Crippen molar-refractivity contribution in [1.29, 1.82) is 0 Å². The summed E-state index contributed by atoms with van der Waals surface area (Å²) in [5.41, 5.74) is 17.9. The number of anilines is 3. The third kappa shape index (κ3) is 2.67. The summed E-state index contributed by atoms with van der Waals surface area (Å²) in [6.45, 7) is 5.45. The maximum Gasteiger partial charge on any atom is 0.187 e. The van der Waals surface area contributed by atoms with Crippen molar-refractivity contribution < 1.29 is 0 Å². The van der Waals surface area contributed by atoms with Gasteiger partial charge in [0.05, 0.1) is 0 Å². The van der Waals surface area contributed by atoms with Gasteiger partial charge in [-0.15, -0.1) is 0 Å².